The molecule has 1 atom stereocenters. The number of ether oxygens (including phenoxy) is 2. The van der Waals surface area contributed by atoms with Crippen molar-refractivity contribution in [2.45, 2.75) is 51.7 Å². The van der Waals surface area contributed by atoms with Crippen LogP contribution >= 0.6 is 0 Å². The SMILES string of the molecule is CCCNC(CO)CCOc1cccc2c1OC(C)(C)C2. The van der Waals surface area contributed by atoms with Gasteiger partial charge in [-0.15, -0.1) is 0 Å². The highest BCUT2D eigenvalue weighted by atomic mass is 16.5. The number of benzene rings is 1. The quantitative estimate of drug-likeness (QED) is 0.773. The number of hydrogen-bond acceptors (Lipinski definition) is 4. The van der Waals surface area contributed by atoms with E-state index in [-0.39, 0.29) is 18.2 Å². The summed E-state index contributed by atoms with van der Waals surface area (Å²) in [7, 11) is 0. The third-order valence-corrected chi connectivity index (χ3v) is 3.68. The summed E-state index contributed by atoms with van der Waals surface area (Å²) in [6, 6.07) is 6.15. The van der Waals surface area contributed by atoms with Gasteiger partial charge in [-0.2, -0.15) is 0 Å². The first-order chi connectivity index (χ1) is 10.1. The van der Waals surface area contributed by atoms with E-state index in [9.17, 15) is 5.11 Å². The van der Waals surface area contributed by atoms with Gasteiger partial charge in [-0.1, -0.05) is 19.1 Å². The molecule has 21 heavy (non-hydrogen) atoms. The van der Waals surface area contributed by atoms with Crippen LogP contribution in [-0.4, -0.2) is 36.5 Å². The zero-order chi connectivity index (χ0) is 15.3. The number of aliphatic hydroxyl groups excluding tert-OH is 1. The fourth-order valence-corrected chi connectivity index (χ4v) is 2.62. The van der Waals surface area contributed by atoms with E-state index in [2.05, 4.69) is 32.2 Å². The Kier molecular flexibility index (Phi) is 5.48. The van der Waals surface area contributed by atoms with Gasteiger partial charge in [0, 0.05) is 18.0 Å². The van der Waals surface area contributed by atoms with Crippen LogP contribution in [0.25, 0.3) is 0 Å². The van der Waals surface area contributed by atoms with Gasteiger partial charge in [-0.25, -0.2) is 0 Å². The van der Waals surface area contributed by atoms with Crippen LogP contribution < -0.4 is 14.8 Å². The molecule has 2 rings (SSSR count). The Morgan fingerprint density at radius 1 is 1.43 bits per heavy atom. The minimum atomic E-state index is -0.155. The van der Waals surface area contributed by atoms with Gasteiger partial charge in [-0.05, 0) is 39.3 Å². The molecule has 0 saturated heterocycles. The maximum Gasteiger partial charge on any atom is 0.165 e. The summed E-state index contributed by atoms with van der Waals surface area (Å²) in [6.45, 7) is 7.93. The van der Waals surface area contributed by atoms with Crippen LogP contribution in [0.1, 0.15) is 39.2 Å². The predicted molar refractivity (Wildman–Crippen MR) is 84.1 cm³/mol. The van der Waals surface area contributed by atoms with Crippen molar-refractivity contribution in [3.8, 4) is 11.5 Å². The molecule has 4 nitrogen and oxygen atoms in total. The summed E-state index contributed by atoms with van der Waals surface area (Å²) in [4.78, 5) is 0. The molecule has 0 radical (unpaired) electrons. The molecule has 118 valence electrons. The number of para-hydroxylation sites is 1. The summed E-state index contributed by atoms with van der Waals surface area (Å²) in [6.07, 6.45) is 2.76. The molecular formula is C17H27NO3. The summed E-state index contributed by atoms with van der Waals surface area (Å²) < 4.78 is 11.9. The molecular weight excluding hydrogens is 266 g/mol. The number of aliphatic hydroxyl groups is 1. The van der Waals surface area contributed by atoms with Gasteiger partial charge in [0.15, 0.2) is 11.5 Å². The third-order valence-electron chi connectivity index (χ3n) is 3.68. The van der Waals surface area contributed by atoms with Crippen molar-refractivity contribution in [2.75, 3.05) is 19.8 Å². The fourth-order valence-electron chi connectivity index (χ4n) is 2.62. The second-order valence-electron chi connectivity index (χ2n) is 6.25. The maximum atomic E-state index is 9.33. The molecule has 4 heteroatoms. The average Bonchev–Trinajstić information content (AvgIpc) is 2.77. The van der Waals surface area contributed by atoms with Crippen LogP contribution in [0.3, 0.4) is 0 Å². The molecule has 1 aromatic carbocycles. The van der Waals surface area contributed by atoms with E-state index in [1.54, 1.807) is 0 Å². The maximum absolute atomic E-state index is 9.33. The molecule has 1 aliphatic heterocycles. The van der Waals surface area contributed by atoms with Gasteiger partial charge in [0.25, 0.3) is 0 Å². The Morgan fingerprint density at radius 2 is 2.24 bits per heavy atom. The lowest BCUT2D eigenvalue weighted by molar-refractivity contribution is 0.131. The van der Waals surface area contributed by atoms with Gasteiger partial charge in [0.2, 0.25) is 0 Å². The van der Waals surface area contributed by atoms with E-state index in [4.69, 9.17) is 9.47 Å². The van der Waals surface area contributed by atoms with E-state index in [1.807, 2.05) is 12.1 Å². The second-order valence-corrected chi connectivity index (χ2v) is 6.25. The Labute approximate surface area is 127 Å². The molecule has 0 aliphatic carbocycles. The highest BCUT2D eigenvalue weighted by Gasteiger charge is 2.32. The lowest BCUT2D eigenvalue weighted by atomic mass is 10.0. The molecule has 0 spiro atoms. The van der Waals surface area contributed by atoms with Crippen LogP contribution in [-0.2, 0) is 6.42 Å². The monoisotopic (exact) mass is 293 g/mol. The second kappa shape index (κ2) is 7.14. The highest BCUT2D eigenvalue weighted by Crippen LogP contribution is 2.41. The van der Waals surface area contributed by atoms with Crippen LogP contribution in [0.2, 0.25) is 0 Å². The summed E-state index contributed by atoms with van der Waals surface area (Å²) in [5.41, 5.74) is 1.05. The molecule has 0 fully saturated rings. The molecule has 0 amide bonds. The van der Waals surface area contributed by atoms with Crippen molar-refractivity contribution in [3.05, 3.63) is 23.8 Å². The van der Waals surface area contributed by atoms with Gasteiger partial charge < -0.3 is 19.9 Å². The van der Waals surface area contributed by atoms with Gasteiger partial charge in [-0.3, -0.25) is 0 Å². The summed E-state index contributed by atoms with van der Waals surface area (Å²) >= 11 is 0. The normalized spacial score (nSPS) is 17.1. The molecule has 1 aromatic rings. The van der Waals surface area contributed by atoms with Gasteiger partial charge in [0.1, 0.15) is 5.60 Å². The topological polar surface area (TPSA) is 50.7 Å². The van der Waals surface area contributed by atoms with Crippen molar-refractivity contribution < 1.29 is 14.6 Å². The minimum Gasteiger partial charge on any atom is -0.490 e. The van der Waals surface area contributed by atoms with E-state index in [0.29, 0.717) is 6.61 Å². The van der Waals surface area contributed by atoms with E-state index in [1.165, 1.54) is 5.56 Å². The van der Waals surface area contributed by atoms with Crippen LogP contribution in [0.4, 0.5) is 0 Å². The number of fused-ring (bicyclic) bond motifs is 1. The minimum absolute atomic E-state index is 0.0964. The first-order valence-corrected chi connectivity index (χ1v) is 7.83. The van der Waals surface area contributed by atoms with E-state index < -0.39 is 0 Å². The Balaban J connectivity index is 1.89. The zero-order valence-corrected chi connectivity index (χ0v) is 13.3. The summed E-state index contributed by atoms with van der Waals surface area (Å²) in [5, 5.41) is 12.6. The average molecular weight is 293 g/mol. The fraction of sp³-hybridized carbons (Fsp3) is 0.647. The van der Waals surface area contributed by atoms with Crippen LogP contribution in [0, 0.1) is 0 Å². The lowest BCUT2D eigenvalue weighted by Crippen LogP contribution is -2.34. The largest absolute Gasteiger partial charge is 0.490 e. The number of nitrogens with one attached hydrogen (secondary N) is 1. The van der Waals surface area contributed by atoms with Gasteiger partial charge >= 0.3 is 0 Å². The third kappa shape index (κ3) is 4.35. The molecule has 1 aliphatic rings. The predicted octanol–water partition coefficient (Wildman–Crippen LogP) is 2.53. The van der Waals surface area contributed by atoms with E-state index >= 15 is 0 Å². The molecule has 1 heterocycles. The number of rotatable bonds is 8. The van der Waals surface area contributed by atoms with Crippen LogP contribution in [0.5, 0.6) is 11.5 Å². The van der Waals surface area contributed by atoms with Crippen molar-refractivity contribution >= 4 is 0 Å². The number of hydrogen-bond donors (Lipinski definition) is 2. The highest BCUT2D eigenvalue weighted by molar-refractivity contribution is 5.50. The molecule has 1 unspecified atom stereocenters. The Hall–Kier alpha value is -1.26. The first kappa shape index (κ1) is 16.1. The van der Waals surface area contributed by atoms with Crippen molar-refractivity contribution in [2.24, 2.45) is 0 Å². The summed E-state index contributed by atoms with van der Waals surface area (Å²) in [5.74, 6) is 1.69. The van der Waals surface area contributed by atoms with Gasteiger partial charge in [0.05, 0.1) is 13.2 Å². The van der Waals surface area contributed by atoms with Crippen LogP contribution in [0.15, 0.2) is 18.2 Å². The lowest BCUT2D eigenvalue weighted by Gasteiger charge is -2.19. The van der Waals surface area contributed by atoms with Crippen molar-refractivity contribution in [3.63, 3.8) is 0 Å². The molecule has 2 N–H and O–H groups in total. The Morgan fingerprint density at radius 3 is 2.95 bits per heavy atom. The van der Waals surface area contributed by atoms with E-state index in [0.717, 1.165) is 37.3 Å². The molecule has 0 saturated carbocycles. The smallest absolute Gasteiger partial charge is 0.165 e. The first-order valence-electron chi connectivity index (χ1n) is 7.83. The van der Waals surface area contributed by atoms with Crippen molar-refractivity contribution in [1.82, 2.24) is 5.32 Å². The molecule has 0 aromatic heterocycles. The zero-order valence-electron chi connectivity index (χ0n) is 13.3. The standard InChI is InChI=1S/C17H27NO3/c1-4-9-18-14(12-19)8-10-20-15-7-5-6-13-11-17(2,3)21-16(13)15/h5-7,14,18-19H,4,8-12H2,1-3H3. The Bertz CT molecular complexity index is 459. The van der Waals surface area contributed by atoms with Crippen molar-refractivity contribution in [1.29, 1.82) is 0 Å². The molecule has 0 bridgehead atoms.